The first kappa shape index (κ1) is 21.1. The van der Waals surface area contributed by atoms with Gasteiger partial charge in [0, 0.05) is 30.2 Å². The molecule has 2 amide bonds. The number of aromatic nitrogens is 3. The van der Waals surface area contributed by atoms with E-state index in [9.17, 15) is 9.59 Å². The molecule has 34 heavy (non-hydrogen) atoms. The topological polar surface area (TPSA) is 88.9 Å². The Kier molecular flexibility index (Phi) is 5.82. The number of fused-ring (bicyclic) bond motifs is 1. The van der Waals surface area contributed by atoms with Gasteiger partial charge in [-0.05, 0) is 60.2 Å². The van der Waals surface area contributed by atoms with Crippen LogP contribution in [0.4, 0.5) is 5.69 Å². The van der Waals surface area contributed by atoms with Crippen LogP contribution in [0.25, 0.3) is 16.7 Å². The van der Waals surface area contributed by atoms with E-state index in [0.717, 1.165) is 22.3 Å². The third-order valence-corrected chi connectivity index (χ3v) is 5.46. The zero-order valence-corrected chi connectivity index (χ0v) is 18.2. The van der Waals surface area contributed by atoms with E-state index in [1.54, 1.807) is 55.1 Å². The Labute approximate surface area is 196 Å². The molecule has 0 aliphatic heterocycles. The lowest BCUT2D eigenvalue weighted by molar-refractivity contribution is 0.0951. The molecule has 0 saturated heterocycles. The Bertz CT molecular complexity index is 1460. The van der Waals surface area contributed by atoms with Gasteiger partial charge < -0.3 is 10.6 Å². The van der Waals surface area contributed by atoms with Crippen molar-refractivity contribution in [2.75, 3.05) is 5.32 Å². The number of amides is 2. The molecular weight excluding hydrogens is 426 g/mol. The van der Waals surface area contributed by atoms with Gasteiger partial charge in [0.15, 0.2) is 0 Å². The second kappa shape index (κ2) is 9.38. The summed E-state index contributed by atoms with van der Waals surface area (Å²) in [5.74, 6) is -0.573. The summed E-state index contributed by atoms with van der Waals surface area (Å²) in [4.78, 5) is 34.1. The molecule has 0 atom stereocenters. The lowest BCUT2D eigenvalue weighted by Crippen LogP contribution is -2.25. The van der Waals surface area contributed by atoms with E-state index in [-0.39, 0.29) is 11.8 Å². The fourth-order valence-electron chi connectivity index (χ4n) is 3.70. The minimum Gasteiger partial charge on any atom is -0.348 e. The Morgan fingerprint density at radius 2 is 1.62 bits per heavy atom. The lowest BCUT2D eigenvalue weighted by Gasteiger charge is -2.12. The summed E-state index contributed by atoms with van der Waals surface area (Å²) in [5.41, 5.74) is 5.01. The van der Waals surface area contributed by atoms with E-state index in [4.69, 9.17) is 0 Å². The molecule has 0 aliphatic carbocycles. The van der Waals surface area contributed by atoms with E-state index in [0.29, 0.717) is 23.4 Å². The zero-order valence-electron chi connectivity index (χ0n) is 18.2. The van der Waals surface area contributed by atoms with E-state index in [1.807, 2.05) is 53.1 Å². The van der Waals surface area contributed by atoms with Gasteiger partial charge in [0.2, 0.25) is 0 Å². The van der Waals surface area contributed by atoms with Crippen LogP contribution >= 0.6 is 0 Å². The number of pyridine rings is 1. The van der Waals surface area contributed by atoms with E-state index >= 15 is 0 Å². The molecule has 5 aromatic rings. The fraction of sp³-hybridized carbons (Fsp3) is 0.0370. The van der Waals surface area contributed by atoms with Gasteiger partial charge in [-0.3, -0.25) is 19.1 Å². The van der Waals surface area contributed by atoms with Crippen LogP contribution in [0.5, 0.6) is 0 Å². The van der Waals surface area contributed by atoms with Crippen molar-refractivity contribution in [2.45, 2.75) is 6.54 Å². The van der Waals surface area contributed by atoms with Crippen LogP contribution in [-0.4, -0.2) is 26.3 Å². The van der Waals surface area contributed by atoms with Crippen molar-refractivity contribution in [1.29, 1.82) is 0 Å². The Morgan fingerprint density at radius 1 is 0.824 bits per heavy atom. The number of imidazole rings is 1. The van der Waals surface area contributed by atoms with Crippen molar-refractivity contribution >= 4 is 28.5 Å². The minimum absolute atomic E-state index is 0.276. The first-order valence-corrected chi connectivity index (χ1v) is 10.8. The van der Waals surface area contributed by atoms with Crippen molar-refractivity contribution in [3.05, 3.63) is 120 Å². The molecule has 2 aromatic heterocycles. The maximum Gasteiger partial charge on any atom is 0.255 e. The summed E-state index contributed by atoms with van der Waals surface area (Å²) in [5, 5.41) is 5.73. The van der Waals surface area contributed by atoms with Crippen LogP contribution < -0.4 is 10.6 Å². The summed E-state index contributed by atoms with van der Waals surface area (Å²) in [6.45, 7) is 0.347. The number of benzene rings is 3. The Morgan fingerprint density at radius 3 is 2.44 bits per heavy atom. The van der Waals surface area contributed by atoms with Gasteiger partial charge in [0.05, 0.1) is 22.3 Å². The van der Waals surface area contributed by atoms with Crippen LogP contribution in [0.1, 0.15) is 26.3 Å². The molecule has 0 fully saturated rings. The molecule has 2 N–H and O–H groups in total. The fourth-order valence-corrected chi connectivity index (χ4v) is 3.70. The first-order chi connectivity index (χ1) is 16.7. The van der Waals surface area contributed by atoms with Crippen LogP contribution in [0.3, 0.4) is 0 Å². The van der Waals surface area contributed by atoms with Crippen LogP contribution in [0, 0.1) is 0 Å². The summed E-state index contributed by atoms with van der Waals surface area (Å²) in [6.07, 6.45) is 5.14. The smallest absolute Gasteiger partial charge is 0.255 e. The number of nitrogens with zero attached hydrogens (tertiary/aromatic N) is 3. The molecule has 0 aliphatic rings. The van der Waals surface area contributed by atoms with Crippen LogP contribution in [0.2, 0.25) is 0 Å². The average molecular weight is 447 g/mol. The maximum absolute atomic E-state index is 12.9. The van der Waals surface area contributed by atoms with Gasteiger partial charge in [-0.15, -0.1) is 0 Å². The van der Waals surface area contributed by atoms with Gasteiger partial charge >= 0.3 is 0 Å². The average Bonchev–Trinajstić information content (AvgIpc) is 3.32. The van der Waals surface area contributed by atoms with Crippen molar-refractivity contribution < 1.29 is 9.59 Å². The lowest BCUT2D eigenvalue weighted by atomic mass is 10.1. The molecule has 0 bridgehead atoms. The number of carbonyl (C=O) groups excluding carboxylic acids is 2. The largest absolute Gasteiger partial charge is 0.348 e. The molecule has 2 heterocycles. The number of hydrogen-bond acceptors (Lipinski definition) is 4. The summed E-state index contributed by atoms with van der Waals surface area (Å²) >= 11 is 0. The van der Waals surface area contributed by atoms with E-state index in [2.05, 4.69) is 20.6 Å². The summed E-state index contributed by atoms with van der Waals surface area (Å²) < 4.78 is 1.97. The normalized spacial score (nSPS) is 10.7. The summed E-state index contributed by atoms with van der Waals surface area (Å²) in [7, 11) is 0. The quantitative estimate of drug-likeness (QED) is 0.398. The van der Waals surface area contributed by atoms with Crippen molar-refractivity contribution in [3.8, 4) is 5.69 Å². The molecule has 3 aromatic carbocycles. The number of carbonyl (C=O) groups is 2. The summed E-state index contributed by atoms with van der Waals surface area (Å²) in [6, 6.07) is 25.8. The number of hydrogen-bond donors (Lipinski definition) is 2. The molecule has 0 saturated carbocycles. The Hall–Kier alpha value is -4.78. The third kappa shape index (κ3) is 4.40. The SMILES string of the molecule is O=C(Nc1ccccc1C(=O)NCc1cccnc1)c1ccc(-n2cnc3ccccc32)cc1. The van der Waals surface area contributed by atoms with Crippen LogP contribution in [0.15, 0.2) is 104 Å². The second-order valence-electron chi connectivity index (χ2n) is 7.69. The molecule has 7 heteroatoms. The molecule has 166 valence electrons. The van der Waals surface area contributed by atoms with Gasteiger partial charge in [0.1, 0.15) is 6.33 Å². The number of para-hydroxylation sites is 3. The van der Waals surface area contributed by atoms with Gasteiger partial charge in [-0.2, -0.15) is 0 Å². The standard InChI is InChI=1S/C27H21N5O2/c33-26(20-11-13-21(14-12-20)32-18-30-24-9-3-4-10-25(24)32)31-23-8-2-1-7-22(23)27(34)29-17-19-6-5-15-28-16-19/h1-16,18H,17H2,(H,29,34)(H,31,33). The van der Waals surface area contributed by atoms with Crippen molar-refractivity contribution in [1.82, 2.24) is 19.9 Å². The molecule has 7 nitrogen and oxygen atoms in total. The first-order valence-electron chi connectivity index (χ1n) is 10.8. The number of rotatable bonds is 6. The van der Waals surface area contributed by atoms with Gasteiger partial charge in [-0.25, -0.2) is 4.98 Å². The highest BCUT2D eigenvalue weighted by atomic mass is 16.2. The van der Waals surface area contributed by atoms with Crippen molar-refractivity contribution in [3.63, 3.8) is 0 Å². The monoisotopic (exact) mass is 447 g/mol. The van der Waals surface area contributed by atoms with E-state index < -0.39 is 0 Å². The molecular formula is C27H21N5O2. The molecule has 0 radical (unpaired) electrons. The highest BCUT2D eigenvalue weighted by Gasteiger charge is 2.14. The predicted octanol–water partition coefficient (Wildman–Crippen LogP) is 4.60. The highest BCUT2D eigenvalue weighted by molar-refractivity contribution is 6.09. The minimum atomic E-state index is -0.297. The van der Waals surface area contributed by atoms with Crippen molar-refractivity contribution in [2.24, 2.45) is 0 Å². The third-order valence-electron chi connectivity index (χ3n) is 5.46. The van der Waals surface area contributed by atoms with Gasteiger partial charge in [-0.1, -0.05) is 30.3 Å². The predicted molar refractivity (Wildman–Crippen MR) is 131 cm³/mol. The van der Waals surface area contributed by atoms with Gasteiger partial charge in [0.25, 0.3) is 11.8 Å². The zero-order chi connectivity index (χ0) is 23.3. The molecule has 5 rings (SSSR count). The molecule has 0 spiro atoms. The maximum atomic E-state index is 12.9. The van der Waals surface area contributed by atoms with E-state index in [1.165, 1.54) is 0 Å². The number of anilines is 1. The number of nitrogens with one attached hydrogen (secondary N) is 2. The molecule has 0 unspecified atom stereocenters. The second-order valence-corrected chi connectivity index (χ2v) is 7.69. The van der Waals surface area contributed by atoms with Crippen LogP contribution in [-0.2, 0) is 6.54 Å². The highest BCUT2D eigenvalue weighted by Crippen LogP contribution is 2.20. The Balaban J connectivity index is 1.30.